The smallest absolute Gasteiger partial charge is 0.321 e. The van der Waals surface area contributed by atoms with Crippen LogP contribution in [0.15, 0.2) is 47.4 Å². The molecule has 0 radical (unpaired) electrons. The van der Waals surface area contributed by atoms with Crippen molar-refractivity contribution in [2.45, 2.75) is 45.6 Å². The van der Waals surface area contributed by atoms with Crippen LogP contribution in [0, 0.1) is 11.3 Å². The number of carbonyl (C=O) groups excluding carboxylic acids is 2. The van der Waals surface area contributed by atoms with Gasteiger partial charge in [-0.25, -0.2) is 9.79 Å². The van der Waals surface area contributed by atoms with Gasteiger partial charge in [-0.2, -0.15) is 0 Å². The average molecular weight is 393 g/mol. The number of nitrogens with zero attached hydrogens (tertiary/aromatic N) is 2. The molecule has 4 rings (SSSR count). The number of fused-ring (bicyclic) bond motifs is 1. The predicted octanol–water partition coefficient (Wildman–Crippen LogP) is 2.78. The fourth-order valence-electron chi connectivity index (χ4n) is 4.53. The van der Waals surface area contributed by atoms with E-state index in [9.17, 15) is 9.59 Å². The fourth-order valence-corrected chi connectivity index (χ4v) is 4.53. The summed E-state index contributed by atoms with van der Waals surface area (Å²) in [6, 6.07) is 3.19. The number of carbonyl (C=O) groups is 2. The van der Waals surface area contributed by atoms with Crippen LogP contribution in [0.4, 0.5) is 4.79 Å². The number of hydrogen-bond donors (Lipinski definition) is 3. The molecule has 3 N–H and O–H groups in total. The average Bonchev–Trinajstić information content (AvgIpc) is 3.38. The normalized spacial score (nSPS) is 26.0. The molecule has 0 saturated heterocycles. The highest BCUT2D eigenvalue weighted by Gasteiger charge is 2.49. The number of aromatic nitrogens is 1. The summed E-state index contributed by atoms with van der Waals surface area (Å²) in [5, 5.41) is 8.64. The Hall–Kier alpha value is -2.96. The van der Waals surface area contributed by atoms with Gasteiger partial charge in [0.1, 0.15) is 11.8 Å². The third-order valence-corrected chi connectivity index (χ3v) is 5.97. The van der Waals surface area contributed by atoms with E-state index in [0.29, 0.717) is 12.5 Å². The van der Waals surface area contributed by atoms with Crippen LogP contribution in [0.2, 0.25) is 0 Å². The van der Waals surface area contributed by atoms with Gasteiger partial charge in [0.25, 0.3) is 0 Å². The van der Waals surface area contributed by atoms with Crippen molar-refractivity contribution in [3.05, 3.63) is 47.9 Å². The molecule has 1 aromatic rings. The van der Waals surface area contributed by atoms with Gasteiger partial charge in [-0.1, -0.05) is 25.0 Å². The van der Waals surface area contributed by atoms with Gasteiger partial charge >= 0.3 is 6.03 Å². The van der Waals surface area contributed by atoms with Crippen molar-refractivity contribution in [1.82, 2.24) is 20.9 Å². The van der Waals surface area contributed by atoms with Gasteiger partial charge in [-0.05, 0) is 50.0 Å². The van der Waals surface area contributed by atoms with Gasteiger partial charge in [0.15, 0.2) is 0 Å². The minimum atomic E-state index is -0.776. The Labute approximate surface area is 170 Å². The summed E-state index contributed by atoms with van der Waals surface area (Å²) >= 11 is 0. The maximum Gasteiger partial charge on any atom is 0.321 e. The first-order chi connectivity index (χ1) is 14.0. The van der Waals surface area contributed by atoms with E-state index in [0.717, 1.165) is 42.5 Å². The molecule has 29 heavy (non-hydrogen) atoms. The number of pyridine rings is 1. The monoisotopic (exact) mass is 393 g/mol. The quantitative estimate of drug-likeness (QED) is 0.733. The molecular formula is C22H27N5O2. The lowest BCUT2D eigenvalue weighted by molar-refractivity contribution is -0.130. The van der Waals surface area contributed by atoms with Crippen LogP contribution >= 0.6 is 0 Å². The van der Waals surface area contributed by atoms with Gasteiger partial charge in [0, 0.05) is 30.6 Å². The van der Waals surface area contributed by atoms with Crippen LogP contribution in [-0.4, -0.2) is 35.3 Å². The third-order valence-electron chi connectivity index (χ3n) is 5.97. The lowest BCUT2D eigenvalue weighted by Gasteiger charge is -2.35. The summed E-state index contributed by atoms with van der Waals surface area (Å²) in [7, 11) is 0. The zero-order chi connectivity index (χ0) is 20.4. The molecule has 7 nitrogen and oxygen atoms in total. The molecule has 2 unspecified atom stereocenters. The molecule has 7 heteroatoms. The summed E-state index contributed by atoms with van der Waals surface area (Å²) in [6.07, 6.45) is 11.7. The minimum absolute atomic E-state index is 0.0707. The lowest BCUT2D eigenvalue weighted by atomic mass is 9.69. The van der Waals surface area contributed by atoms with E-state index in [1.54, 1.807) is 12.4 Å². The molecule has 2 amide bonds. The van der Waals surface area contributed by atoms with Crippen LogP contribution in [-0.2, 0) is 4.79 Å². The second kappa shape index (κ2) is 7.81. The number of guanidine groups is 1. The van der Waals surface area contributed by atoms with Crippen molar-refractivity contribution in [3.63, 3.8) is 0 Å². The van der Waals surface area contributed by atoms with E-state index in [2.05, 4.69) is 20.9 Å². The predicted molar refractivity (Wildman–Crippen MR) is 112 cm³/mol. The highest BCUT2D eigenvalue weighted by molar-refractivity contribution is 6.01. The first-order valence-corrected chi connectivity index (χ1v) is 10.3. The molecule has 152 valence electrons. The van der Waals surface area contributed by atoms with E-state index >= 15 is 0 Å². The molecule has 2 heterocycles. The van der Waals surface area contributed by atoms with Crippen molar-refractivity contribution in [2.75, 3.05) is 6.54 Å². The molecule has 0 bridgehead atoms. The van der Waals surface area contributed by atoms with Crippen LogP contribution in [0.25, 0.3) is 5.57 Å². The number of rotatable bonds is 4. The summed E-state index contributed by atoms with van der Waals surface area (Å²) in [5.41, 5.74) is 1.95. The van der Waals surface area contributed by atoms with E-state index in [-0.39, 0.29) is 23.8 Å². The maximum absolute atomic E-state index is 13.6. The molecule has 0 spiro atoms. The van der Waals surface area contributed by atoms with E-state index in [4.69, 9.17) is 4.99 Å². The third kappa shape index (κ3) is 3.69. The van der Waals surface area contributed by atoms with Crippen LogP contribution < -0.4 is 16.0 Å². The number of hydrogen-bond acceptors (Lipinski definition) is 5. The zero-order valence-corrected chi connectivity index (χ0v) is 16.9. The Morgan fingerprint density at radius 3 is 2.79 bits per heavy atom. The standard InChI is InChI=1S/C22H27N5O2/c1-3-24-21(29)27-20-25-17-11-16(15-9-6-10-23-13-15)12-22(2,18(17)26-20)19(28)14-7-4-5-8-14/h6,9-14,18H,3-5,7-8H2,1-2H3,(H3,24,25,26,27,29). The number of allylic oxidation sites excluding steroid dienone is 2. The first kappa shape index (κ1) is 19.4. The van der Waals surface area contributed by atoms with Gasteiger partial charge in [0.05, 0.1) is 5.41 Å². The molecule has 1 fully saturated rings. The number of amides is 2. The largest absolute Gasteiger partial charge is 0.338 e. The van der Waals surface area contributed by atoms with Crippen molar-refractivity contribution in [2.24, 2.45) is 16.3 Å². The molecule has 2 atom stereocenters. The maximum atomic E-state index is 13.6. The summed E-state index contributed by atoms with van der Waals surface area (Å²) < 4.78 is 0. The van der Waals surface area contributed by atoms with Crippen LogP contribution in [0.3, 0.4) is 0 Å². The Morgan fingerprint density at radius 1 is 1.31 bits per heavy atom. The molecular weight excluding hydrogens is 366 g/mol. The summed E-state index contributed by atoms with van der Waals surface area (Å²) in [6.45, 7) is 4.35. The number of ketones is 1. The summed E-state index contributed by atoms with van der Waals surface area (Å²) in [4.78, 5) is 34.4. The van der Waals surface area contributed by atoms with Gasteiger partial charge in [0.2, 0.25) is 5.96 Å². The Bertz CT molecular complexity index is 899. The van der Waals surface area contributed by atoms with Gasteiger partial charge in [-0.15, -0.1) is 0 Å². The van der Waals surface area contributed by atoms with E-state index < -0.39 is 5.41 Å². The summed E-state index contributed by atoms with van der Waals surface area (Å²) in [5.74, 6) is 0.677. The van der Waals surface area contributed by atoms with E-state index in [1.807, 2.05) is 38.1 Å². The van der Waals surface area contributed by atoms with Gasteiger partial charge < -0.3 is 10.6 Å². The molecule has 0 aromatic carbocycles. The number of urea groups is 1. The lowest BCUT2D eigenvalue weighted by Crippen LogP contribution is -2.44. The highest BCUT2D eigenvalue weighted by atomic mass is 16.2. The minimum Gasteiger partial charge on any atom is -0.338 e. The van der Waals surface area contributed by atoms with Crippen molar-refractivity contribution in [3.8, 4) is 0 Å². The van der Waals surface area contributed by atoms with E-state index in [1.165, 1.54) is 0 Å². The second-order valence-electron chi connectivity index (χ2n) is 8.06. The van der Waals surface area contributed by atoms with Crippen molar-refractivity contribution >= 4 is 23.3 Å². The molecule has 1 aliphatic heterocycles. The Kier molecular flexibility index (Phi) is 5.22. The van der Waals surface area contributed by atoms with Crippen LogP contribution in [0.5, 0.6) is 0 Å². The number of aliphatic imine (C=N–C) groups is 1. The van der Waals surface area contributed by atoms with Crippen molar-refractivity contribution < 1.29 is 9.59 Å². The molecule has 2 aliphatic carbocycles. The molecule has 1 saturated carbocycles. The zero-order valence-electron chi connectivity index (χ0n) is 16.9. The van der Waals surface area contributed by atoms with Crippen LogP contribution in [0.1, 0.15) is 45.1 Å². The number of Topliss-reactive ketones (excluding diaryl/α,β-unsaturated/α-hetero) is 1. The molecule has 1 aromatic heterocycles. The second-order valence-corrected chi connectivity index (χ2v) is 8.06. The molecule has 3 aliphatic rings. The first-order valence-electron chi connectivity index (χ1n) is 10.3. The van der Waals surface area contributed by atoms with Crippen molar-refractivity contribution in [1.29, 1.82) is 0 Å². The number of nitrogens with one attached hydrogen (secondary N) is 3. The topological polar surface area (TPSA) is 95.5 Å². The fraction of sp³-hybridized carbons (Fsp3) is 0.455. The SMILES string of the molecule is CCNC(=O)NC1=NC2C(=CC(c3cccnc3)=CC2(C)C(=O)C2CCCC2)N1. The highest BCUT2D eigenvalue weighted by Crippen LogP contribution is 2.44. The Balaban J connectivity index is 1.70. The van der Waals surface area contributed by atoms with Gasteiger partial charge in [-0.3, -0.25) is 15.1 Å². The Morgan fingerprint density at radius 2 is 2.10 bits per heavy atom.